The van der Waals surface area contributed by atoms with Crippen LogP contribution in [0.1, 0.15) is 105 Å². The molecule has 0 bridgehead atoms. The second kappa shape index (κ2) is 28.2. The highest BCUT2D eigenvalue weighted by Crippen LogP contribution is 2.23. The van der Waals surface area contributed by atoms with Gasteiger partial charge in [0.05, 0.1) is 43.1 Å². The molecule has 0 aliphatic heterocycles. The van der Waals surface area contributed by atoms with Crippen molar-refractivity contribution in [3.8, 4) is 17.2 Å². The fourth-order valence-corrected chi connectivity index (χ4v) is 6.37. The zero-order valence-corrected chi connectivity index (χ0v) is 37.5. The average molecular weight is 909 g/mol. The third-order valence-corrected chi connectivity index (χ3v) is 10.1. The normalized spacial score (nSPS) is 11.2. The van der Waals surface area contributed by atoms with Gasteiger partial charge in [0.2, 0.25) is 0 Å². The van der Waals surface area contributed by atoms with Crippen molar-refractivity contribution >= 4 is 42.0 Å². The molecule has 0 aromatic heterocycles. The van der Waals surface area contributed by atoms with Gasteiger partial charge in [-0.15, -0.1) is 0 Å². The molecule has 0 aliphatic rings. The van der Waals surface area contributed by atoms with Crippen LogP contribution in [-0.2, 0) is 28.5 Å². The van der Waals surface area contributed by atoms with Gasteiger partial charge in [0.25, 0.3) is 0 Å². The second-order valence-electron chi connectivity index (χ2n) is 15.1. The topological polar surface area (TPSA) is 150 Å². The maximum absolute atomic E-state index is 13.3. The van der Waals surface area contributed by atoms with Gasteiger partial charge in [-0.1, -0.05) is 79.9 Å². The molecule has 0 heterocycles. The minimum Gasteiger partial charge on any atom is -0.494 e. The minimum absolute atomic E-state index is 0.211. The van der Waals surface area contributed by atoms with Crippen molar-refractivity contribution < 1.29 is 57.1 Å². The number of hydrogen-bond acceptors (Lipinski definition) is 12. The largest absolute Gasteiger partial charge is 0.494 e. The van der Waals surface area contributed by atoms with E-state index in [0.29, 0.717) is 48.9 Å². The summed E-state index contributed by atoms with van der Waals surface area (Å²) in [7, 11) is 0. The van der Waals surface area contributed by atoms with E-state index in [4.69, 9.17) is 33.2 Å². The summed E-state index contributed by atoms with van der Waals surface area (Å²) in [6.07, 6.45) is 12.4. The lowest BCUT2D eigenvalue weighted by atomic mass is 10.1. The summed E-state index contributed by atoms with van der Waals surface area (Å²) in [4.78, 5) is 61.5. The number of ether oxygens (including phenoxy) is 7. The Morgan fingerprint density at radius 3 is 1.36 bits per heavy atom. The molecule has 5 aromatic rings. The van der Waals surface area contributed by atoms with Crippen LogP contribution in [0.2, 0.25) is 0 Å². The number of esters is 5. The standard InChI is InChI=1S/C55H56O12/c1-3-51(56)63-38-14-7-5-12-36-61-47-30-22-42(23-31-47)19-18-41-20-24-44(25-21-41)53(58)65-40-50(43-16-10-9-11-17-43)67-55(60)46-28-34-49(35-29-46)66-54(59)45-26-32-48(33-27-45)62-37-13-6-8-15-39-64-52(57)4-2/h3-4,9-11,16-35,50H,1-2,5-8,12-15,36-40H2/b19-18+. The number of hydrogen-bond donors (Lipinski definition) is 0. The van der Waals surface area contributed by atoms with Crippen LogP contribution in [-0.4, -0.2) is 62.9 Å². The van der Waals surface area contributed by atoms with E-state index in [1.54, 1.807) is 60.7 Å². The molecule has 12 nitrogen and oxygen atoms in total. The molecular weight excluding hydrogens is 853 g/mol. The van der Waals surface area contributed by atoms with Crippen molar-refractivity contribution in [2.24, 2.45) is 0 Å². The van der Waals surface area contributed by atoms with E-state index in [1.165, 1.54) is 30.3 Å². The molecule has 0 aliphatic carbocycles. The van der Waals surface area contributed by atoms with Gasteiger partial charge in [-0.3, -0.25) is 0 Å². The fraction of sp³-hybridized carbons (Fsp3) is 0.255. The molecule has 5 aromatic carbocycles. The van der Waals surface area contributed by atoms with Gasteiger partial charge in [-0.05, 0) is 141 Å². The van der Waals surface area contributed by atoms with E-state index in [2.05, 4.69) is 13.2 Å². The Hall–Kier alpha value is -7.73. The molecule has 0 N–H and O–H groups in total. The summed E-state index contributed by atoms with van der Waals surface area (Å²) < 4.78 is 38.6. The lowest BCUT2D eigenvalue weighted by Crippen LogP contribution is -2.19. The number of carbonyl (C=O) groups excluding carboxylic acids is 5. The molecule has 0 saturated carbocycles. The third kappa shape index (κ3) is 18.4. The first-order valence-electron chi connectivity index (χ1n) is 22.3. The van der Waals surface area contributed by atoms with Crippen molar-refractivity contribution in [3.63, 3.8) is 0 Å². The van der Waals surface area contributed by atoms with Crippen LogP contribution < -0.4 is 14.2 Å². The first-order chi connectivity index (χ1) is 32.7. The first kappa shape index (κ1) is 50.3. The molecule has 0 radical (unpaired) electrons. The Labute approximate surface area is 391 Å². The highest BCUT2D eigenvalue weighted by molar-refractivity contribution is 5.92. The van der Waals surface area contributed by atoms with E-state index in [0.717, 1.165) is 74.3 Å². The smallest absolute Gasteiger partial charge is 0.343 e. The molecular formula is C55H56O12. The van der Waals surface area contributed by atoms with E-state index in [9.17, 15) is 24.0 Å². The average Bonchev–Trinajstić information content (AvgIpc) is 3.36. The van der Waals surface area contributed by atoms with Crippen molar-refractivity contribution in [1.29, 1.82) is 0 Å². The number of rotatable bonds is 28. The van der Waals surface area contributed by atoms with Gasteiger partial charge in [0, 0.05) is 12.2 Å². The van der Waals surface area contributed by atoms with Crippen molar-refractivity contribution in [1.82, 2.24) is 0 Å². The van der Waals surface area contributed by atoms with Crippen LogP contribution in [0.3, 0.4) is 0 Å². The van der Waals surface area contributed by atoms with Gasteiger partial charge in [-0.25, -0.2) is 24.0 Å². The summed E-state index contributed by atoms with van der Waals surface area (Å²) in [5, 5.41) is 0. The van der Waals surface area contributed by atoms with Crippen molar-refractivity contribution in [2.45, 2.75) is 57.5 Å². The molecule has 12 heteroatoms. The van der Waals surface area contributed by atoms with Crippen LogP contribution in [0.5, 0.6) is 17.2 Å². The third-order valence-electron chi connectivity index (χ3n) is 10.1. The summed E-state index contributed by atoms with van der Waals surface area (Å²) >= 11 is 0. The van der Waals surface area contributed by atoms with Crippen LogP contribution in [0.4, 0.5) is 0 Å². The lowest BCUT2D eigenvalue weighted by Gasteiger charge is -2.18. The van der Waals surface area contributed by atoms with E-state index < -0.39 is 36.0 Å². The molecule has 5 rings (SSSR count). The quantitative estimate of drug-likeness (QED) is 0.0117. The predicted molar refractivity (Wildman–Crippen MR) is 255 cm³/mol. The Balaban J connectivity index is 1.03. The Kier molecular flexibility index (Phi) is 21.2. The summed E-state index contributed by atoms with van der Waals surface area (Å²) in [5.41, 5.74) is 3.39. The summed E-state index contributed by atoms with van der Waals surface area (Å²) in [5.74, 6) is -0.970. The molecule has 0 saturated heterocycles. The Morgan fingerprint density at radius 2 is 0.851 bits per heavy atom. The molecule has 0 fully saturated rings. The molecule has 348 valence electrons. The minimum atomic E-state index is -0.895. The predicted octanol–water partition coefficient (Wildman–Crippen LogP) is 11.2. The van der Waals surface area contributed by atoms with Gasteiger partial charge in [0.15, 0.2) is 6.10 Å². The monoisotopic (exact) mass is 908 g/mol. The highest BCUT2D eigenvalue weighted by Gasteiger charge is 2.21. The summed E-state index contributed by atoms with van der Waals surface area (Å²) in [6, 6.07) is 36.4. The van der Waals surface area contributed by atoms with Gasteiger partial charge < -0.3 is 33.2 Å². The second-order valence-corrected chi connectivity index (χ2v) is 15.1. The SMILES string of the molecule is C=CC(=O)OCCCCCCOc1ccc(/C=C/c2ccc(C(=O)OCC(OC(=O)c3ccc(OC(=O)c4ccc(OCCCCCCOC(=O)C=C)cc4)cc3)c3ccccc3)cc2)cc1. The Bertz CT molecular complexity index is 2370. The zero-order chi connectivity index (χ0) is 47.5. The maximum atomic E-state index is 13.3. The zero-order valence-electron chi connectivity index (χ0n) is 37.5. The molecule has 1 unspecified atom stereocenters. The van der Waals surface area contributed by atoms with E-state index in [1.807, 2.05) is 54.6 Å². The van der Waals surface area contributed by atoms with Gasteiger partial charge in [0.1, 0.15) is 23.9 Å². The Morgan fingerprint density at radius 1 is 0.433 bits per heavy atom. The fourth-order valence-electron chi connectivity index (χ4n) is 6.37. The summed E-state index contributed by atoms with van der Waals surface area (Å²) in [6.45, 7) is 8.42. The van der Waals surface area contributed by atoms with E-state index >= 15 is 0 Å². The first-order valence-corrected chi connectivity index (χ1v) is 22.3. The molecule has 0 spiro atoms. The molecule has 67 heavy (non-hydrogen) atoms. The molecule has 0 amide bonds. The van der Waals surface area contributed by atoms with Crippen molar-refractivity contribution in [3.05, 3.63) is 186 Å². The van der Waals surface area contributed by atoms with Gasteiger partial charge >= 0.3 is 29.8 Å². The van der Waals surface area contributed by atoms with Crippen LogP contribution in [0, 0.1) is 0 Å². The van der Waals surface area contributed by atoms with E-state index in [-0.39, 0.29) is 17.9 Å². The van der Waals surface area contributed by atoms with Crippen molar-refractivity contribution in [2.75, 3.05) is 33.0 Å². The van der Waals surface area contributed by atoms with Gasteiger partial charge in [-0.2, -0.15) is 0 Å². The van der Waals surface area contributed by atoms with Crippen LogP contribution >= 0.6 is 0 Å². The molecule has 1 atom stereocenters. The number of unbranched alkanes of at least 4 members (excludes halogenated alkanes) is 6. The van der Waals surface area contributed by atoms with Crippen LogP contribution in [0.25, 0.3) is 12.2 Å². The highest BCUT2D eigenvalue weighted by atomic mass is 16.6. The number of benzene rings is 5. The lowest BCUT2D eigenvalue weighted by molar-refractivity contribution is -0.138. The number of carbonyl (C=O) groups is 5. The maximum Gasteiger partial charge on any atom is 0.343 e. The van der Waals surface area contributed by atoms with Crippen LogP contribution in [0.15, 0.2) is 153 Å².